The number of rotatable bonds is 6. The molecular weight excluding hydrogens is 334 g/mol. The summed E-state index contributed by atoms with van der Waals surface area (Å²) in [7, 11) is 4.21. The van der Waals surface area contributed by atoms with Crippen LogP contribution < -0.4 is 10.2 Å². The Morgan fingerprint density at radius 2 is 2.00 bits per heavy atom. The second-order valence-corrected chi connectivity index (χ2v) is 7.28. The molecule has 0 radical (unpaired) electrons. The number of likely N-dealkylation sites (N-methyl/N-ethyl adjacent to an activating group) is 2. The molecule has 1 aromatic heterocycles. The van der Waals surface area contributed by atoms with E-state index in [0.29, 0.717) is 6.04 Å². The van der Waals surface area contributed by atoms with Crippen molar-refractivity contribution in [2.45, 2.75) is 12.5 Å². The summed E-state index contributed by atoms with van der Waals surface area (Å²) in [6.45, 7) is 4.07. The van der Waals surface area contributed by atoms with Gasteiger partial charge in [-0.2, -0.15) is 0 Å². The third-order valence-electron chi connectivity index (χ3n) is 5.47. The van der Waals surface area contributed by atoms with Crippen molar-refractivity contribution in [1.82, 2.24) is 20.2 Å². The molecule has 0 amide bonds. The van der Waals surface area contributed by atoms with Gasteiger partial charge in [0.15, 0.2) is 0 Å². The van der Waals surface area contributed by atoms with Gasteiger partial charge in [-0.25, -0.2) is 9.97 Å². The largest absolute Gasteiger partial charge is 0.339 e. The van der Waals surface area contributed by atoms with Crippen molar-refractivity contribution in [3.05, 3.63) is 54.7 Å². The minimum atomic E-state index is 0.561. The fourth-order valence-electron chi connectivity index (χ4n) is 3.76. The second kappa shape index (κ2) is 8.03. The van der Waals surface area contributed by atoms with Crippen molar-refractivity contribution < 1.29 is 0 Å². The van der Waals surface area contributed by atoms with E-state index in [1.54, 1.807) is 0 Å². The van der Waals surface area contributed by atoms with Crippen LogP contribution in [0.5, 0.6) is 0 Å². The van der Waals surface area contributed by atoms with E-state index in [2.05, 4.69) is 69.6 Å². The van der Waals surface area contributed by atoms with Crippen molar-refractivity contribution in [1.29, 1.82) is 0 Å². The molecule has 0 saturated carbocycles. The van der Waals surface area contributed by atoms with Gasteiger partial charge < -0.3 is 15.1 Å². The number of nitrogens with zero attached hydrogens (tertiary/aromatic N) is 4. The third kappa shape index (κ3) is 3.94. The fraction of sp³-hybridized carbons (Fsp3) is 0.364. The first-order chi connectivity index (χ1) is 13.2. The fourth-order valence-corrected chi connectivity index (χ4v) is 3.76. The molecule has 1 atom stereocenters. The van der Waals surface area contributed by atoms with Crippen molar-refractivity contribution >= 4 is 16.7 Å². The van der Waals surface area contributed by atoms with Crippen LogP contribution in [0, 0.1) is 0 Å². The Hall–Kier alpha value is -2.50. The lowest BCUT2D eigenvalue weighted by Gasteiger charge is -2.24. The predicted molar refractivity (Wildman–Crippen MR) is 112 cm³/mol. The van der Waals surface area contributed by atoms with Crippen LogP contribution in [0.4, 0.5) is 5.95 Å². The molecule has 0 spiro atoms. The Kier molecular flexibility index (Phi) is 5.32. The highest BCUT2D eigenvalue weighted by molar-refractivity contribution is 5.86. The van der Waals surface area contributed by atoms with E-state index < -0.39 is 0 Å². The molecule has 1 aliphatic heterocycles. The molecular formula is C22H27N5. The van der Waals surface area contributed by atoms with Gasteiger partial charge in [0.1, 0.15) is 0 Å². The van der Waals surface area contributed by atoms with E-state index in [1.165, 1.54) is 10.8 Å². The molecule has 2 heterocycles. The summed E-state index contributed by atoms with van der Waals surface area (Å²) in [5.74, 6) is 0.838. The van der Waals surface area contributed by atoms with Gasteiger partial charge in [0.25, 0.3) is 0 Å². The zero-order valence-corrected chi connectivity index (χ0v) is 16.1. The highest BCUT2D eigenvalue weighted by Crippen LogP contribution is 2.25. The van der Waals surface area contributed by atoms with E-state index in [1.807, 2.05) is 19.3 Å². The maximum absolute atomic E-state index is 4.87. The topological polar surface area (TPSA) is 44.3 Å². The van der Waals surface area contributed by atoms with Gasteiger partial charge in [0.05, 0.1) is 5.69 Å². The van der Waals surface area contributed by atoms with Crippen molar-refractivity contribution in [2.24, 2.45) is 0 Å². The van der Waals surface area contributed by atoms with E-state index in [-0.39, 0.29) is 0 Å². The number of nitrogens with one attached hydrogen (secondary N) is 1. The summed E-state index contributed by atoms with van der Waals surface area (Å²) in [5, 5.41) is 5.71. The quantitative estimate of drug-likeness (QED) is 0.731. The first-order valence-electron chi connectivity index (χ1n) is 9.66. The molecule has 140 valence electrons. The van der Waals surface area contributed by atoms with Gasteiger partial charge in [-0.3, -0.25) is 0 Å². The maximum Gasteiger partial charge on any atom is 0.225 e. The first-order valence-corrected chi connectivity index (χ1v) is 9.66. The van der Waals surface area contributed by atoms with Gasteiger partial charge >= 0.3 is 0 Å². The lowest BCUT2D eigenvalue weighted by Crippen LogP contribution is -2.38. The summed E-state index contributed by atoms with van der Waals surface area (Å²) in [6, 6.07) is 17.5. The average Bonchev–Trinajstić information content (AvgIpc) is 3.22. The number of hydrogen-bond donors (Lipinski definition) is 1. The number of hydrogen-bond acceptors (Lipinski definition) is 5. The van der Waals surface area contributed by atoms with Crippen LogP contribution in [0.1, 0.15) is 6.42 Å². The van der Waals surface area contributed by atoms with Crippen molar-refractivity contribution in [3.8, 4) is 11.3 Å². The molecule has 5 heteroatoms. The Bertz CT molecular complexity index is 910. The molecule has 4 rings (SSSR count). The van der Waals surface area contributed by atoms with E-state index in [0.717, 1.165) is 49.8 Å². The summed E-state index contributed by atoms with van der Waals surface area (Å²) in [4.78, 5) is 14.2. The Morgan fingerprint density at radius 1 is 1.15 bits per heavy atom. The highest BCUT2D eigenvalue weighted by atomic mass is 15.3. The molecule has 0 bridgehead atoms. The molecule has 3 aromatic rings. The first kappa shape index (κ1) is 17.9. The Labute approximate surface area is 161 Å². The van der Waals surface area contributed by atoms with Crippen LogP contribution in [0.2, 0.25) is 0 Å². The van der Waals surface area contributed by atoms with Gasteiger partial charge in [0.2, 0.25) is 5.95 Å². The standard InChI is InChI=1S/C22H27N5/c1-23-12-14-26(2)20-10-13-27(16-20)22-24-11-9-21(25-22)19-8-7-17-5-3-4-6-18(17)15-19/h3-9,11,15,20,23H,10,12-14,16H2,1-2H3/t20-/m1/s1. The lowest BCUT2D eigenvalue weighted by molar-refractivity contribution is 0.260. The minimum Gasteiger partial charge on any atom is -0.339 e. The van der Waals surface area contributed by atoms with Crippen molar-refractivity contribution in [2.75, 3.05) is 45.2 Å². The average molecular weight is 361 g/mol. The third-order valence-corrected chi connectivity index (χ3v) is 5.47. The molecule has 27 heavy (non-hydrogen) atoms. The predicted octanol–water partition coefficient (Wildman–Crippen LogP) is 3.03. The van der Waals surface area contributed by atoms with E-state index in [9.17, 15) is 0 Å². The molecule has 1 fully saturated rings. The van der Waals surface area contributed by atoms with Crippen LogP contribution in [0.15, 0.2) is 54.7 Å². The molecule has 5 nitrogen and oxygen atoms in total. The monoisotopic (exact) mass is 361 g/mol. The van der Waals surface area contributed by atoms with Crippen LogP contribution in [-0.2, 0) is 0 Å². The zero-order chi connectivity index (χ0) is 18.6. The van der Waals surface area contributed by atoms with Crippen LogP contribution >= 0.6 is 0 Å². The lowest BCUT2D eigenvalue weighted by atomic mass is 10.1. The summed E-state index contributed by atoms with van der Waals surface area (Å²) in [6.07, 6.45) is 3.04. The van der Waals surface area contributed by atoms with Crippen molar-refractivity contribution in [3.63, 3.8) is 0 Å². The Morgan fingerprint density at radius 3 is 2.85 bits per heavy atom. The number of fused-ring (bicyclic) bond motifs is 1. The van der Waals surface area contributed by atoms with Gasteiger partial charge in [-0.05, 0) is 43.4 Å². The molecule has 1 N–H and O–H groups in total. The van der Waals surface area contributed by atoms with Crippen LogP contribution in [-0.4, -0.2) is 61.2 Å². The molecule has 1 aliphatic rings. The van der Waals surface area contributed by atoms with Gasteiger partial charge in [-0.1, -0.05) is 36.4 Å². The Balaban J connectivity index is 1.52. The van der Waals surface area contributed by atoms with Crippen LogP contribution in [0.3, 0.4) is 0 Å². The number of benzene rings is 2. The van der Waals surface area contributed by atoms with E-state index >= 15 is 0 Å². The molecule has 0 unspecified atom stereocenters. The summed E-state index contributed by atoms with van der Waals surface area (Å²) >= 11 is 0. The summed E-state index contributed by atoms with van der Waals surface area (Å²) < 4.78 is 0. The van der Waals surface area contributed by atoms with E-state index in [4.69, 9.17) is 4.98 Å². The summed E-state index contributed by atoms with van der Waals surface area (Å²) in [5.41, 5.74) is 2.12. The molecule has 0 aliphatic carbocycles. The second-order valence-electron chi connectivity index (χ2n) is 7.28. The van der Waals surface area contributed by atoms with Gasteiger partial charge in [-0.15, -0.1) is 0 Å². The zero-order valence-electron chi connectivity index (χ0n) is 16.1. The molecule has 1 saturated heterocycles. The molecule has 2 aromatic carbocycles. The minimum absolute atomic E-state index is 0.561. The maximum atomic E-state index is 4.87. The highest BCUT2D eigenvalue weighted by Gasteiger charge is 2.27. The SMILES string of the molecule is CNCCN(C)[C@@H]1CCN(c2nccc(-c3ccc4ccccc4c3)n2)C1. The smallest absolute Gasteiger partial charge is 0.225 e. The number of anilines is 1. The normalized spacial score (nSPS) is 17.1. The number of aromatic nitrogens is 2. The van der Waals surface area contributed by atoms with Gasteiger partial charge in [0, 0.05) is 44.0 Å². The van der Waals surface area contributed by atoms with Crippen LogP contribution in [0.25, 0.3) is 22.0 Å².